The Morgan fingerprint density at radius 2 is 0.956 bits per heavy atom. The van der Waals surface area contributed by atoms with E-state index >= 15 is 0 Å². The summed E-state index contributed by atoms with van der Waals surface area (Å²) in [5.74, 6) is 0.186. The van der Waals surface area contributed by atoms with Crippen molar-refractivity contribution >= 4 is 13.7 Å². The molecule has 7 heteroatoms. The lowest BCUT2D eigenvalue weighted by molar-refractivity contribution is -0.122. The van der Waals surface area contributed by atoms with Crippen molar-refractivity contribution in [3.8, 4) is 0 Å². The largest absolute Gasteiger partial charge is 0.472 e. The molecule has 0 saturated carbocycles. The maximum absolute atomic E-state index is 12.8. The van der Waals surface area contributed by atoms with Crippen molar-refractivity contribution < 1.29 is 23.3 Å². The molecular weight excluding hydrogens is 581 g/mol. The first kappa shape index (κ1) is 44.6. The van der Waals surface area contributed by atoms with Crippen LogP contribution in [-0.4, -0.2) is 30.1 Å². The maximum Gasteiger partial charge on any atom is 0.472 e. The lowest BCUT2D eigenvalue weighted by Gasteiger charge is -2.26. The van der Waals surface area contributed by atoms with Gasteiger partial charge in [0.2, 0.25) is 5.91 Å². The van der Waals surface area contributed by atoms with E-state index in [4.69, 9.17) is 9.05 Å². The summed E-state index contributed by atoms with van der Waals surface area (Å²) in [6, 6.07) is -0.289. The van der Waals surface area contributed by atoms with Gasteiger partial charge < -0.3 is 10.2 Å². The fraction of sp³-hybridized carbons (Fsp3) is 0.974. The molecule has 0 spiro atoms. The molecule has 0 rings (SSSR count). The van der Waals surface area contributed by atoms with Crippen LogP contribution in [-0.2, 0) is 18.4 Å². The molecule has 6 nitrogen and oxygen atoms in total. The van der Waals surface area contributed by atoms with Crippen LogP contribution in [0.4, 0.5) is 0 Å². The molecular formula is C38H78NO5P. The molecule has 3 atom stereocenters. The normalized spacial score (nSPS) is 14.3. The number of hydrogen-bond donors (Lipinski definition) is 2. The Bertz CT molecular complexity index is 677. The van der Waals surface area contributed by atoms with Crippen molar-refractivity contribution in [2.24, 2.45) is 5.92 Å². The highest BCUT2D eigenvalue weighted by Crippen LogP contribution is 2.43. The first-order chi connectivity index (χ1) is 21.9. The second kappa shape index (κ2) is 33.5. The van der Waals surface area contributed by atoms with Crippen LogP contribution in [0.15, 0.2) is 0 Å². The van der Waals surface area contributed by atoms with Crippen molar-refractivity contribution in [1.29, 1.82) is 0 Å². The third-order valence-corrected chi connectivity index (χ3v) is 10.2. The molecule has 0 radical (unpaired) electrons. The van der Waals surface area contributed by atoms with Gasteiger partial charge in [0.25, 0.3) is 0 Å². The van der Waals surface area contributed by atoms with Crippen molar-refractivity contribution in [3.05, 3.63) is 0 Å². The van der Waals surface area contributed by atoms with Gasteiger partial charge in [-0.05, 0) is 25.2 Å². The average Bonchev–Trinajstić information content (AvgIpc) is 3.02. The molecule has 0 fully saturated rings. The molecule has 1 amide bonds. The van der Waals surface area contributed by atoms with Crippen LogP contribution in [0.3, 0.4) is 0 Å². The van der Waals surface area contributed by atoms with E-state index in [1.54, 1.807) is 0 Å². The number of nitrogens with one attached hydrogen (secondary N) is 1. The van der Waals surface area contributed by atoms with E-state index in [0.29, 0.717) is 12.8 Å². The molecule has 0 aliphatic heterocycles. The van der Waals surface area contributed by atoms with Crippen LogP contribution in [0.2, 0.25) is 0 Å². The van der Waals surface area contributed by atoms with Gasteiger partial charge in [-0.15, -0.1) is 0 Å². The summed E-state index contributed by atoms with van der Waals surface area (Å²) in [7, 11) is -4.11. The topological polar surface area (TPSA) is 84.9 Å². The van der Waals surface area contributed by atoms with Gasteiger partial charge in [0.05, 0.1) is 19.3 Å². The summed E-state index contributed by atoms with van der Waals surface area (Å²) in [6.07, 6.45) is 36.0. The maximum atomic E-state index is 12.8. The Morgan fingerprint density at radius 1 is 0.578 bits per heavy atom. The number of phosphoric acid groups is 1. The van der Waals surface area contributed by atoms with Crippen molar-refractivity contribution in [3.63, 3.8) is 0 Å². The summed E-state index contributed by atoms with van der Waals surface area (Å²) in [5.41, 5.74) is 0. The molecule has 0 aromatic heterocycles. The molecule has 0 aromatic rings. The van der Waals surface area contributed by atoms with Gasteiger partial charge in [-0.3, -0.25) is 13.8 Å². The number of hydrogen-bond acceptors (Lipinski definition) is 4. The van der Waals surface area contributed by atoms with Crippen LogP contribution in [0.5, 0.6) is 0 Å². The summed E-state index contributed by atoms with van der Waals surface area (Å²) in [6.45, 7) is 8.73. The smallest absolute Gasteiger partial charge is 0.351 e. The van der Waals surface area contributed by atoms with Crippen molar-refractivity contribution in [2.45, 2.75) is 220 Å². The number of rotatable bonds is 36. The average molecular weight is 660 g/mol. The van der Waals surface area contributed by atoms with Gasteiger partial charge >= 0.3 is 7.82 Å². The minimum atomic E-state index is -4.11. The summed E-state index contributed by atoms with van der Waals surface area (Å²) in [5, 5.41) is 3.13. The lowest BCUT2D eigenvalue weighted by Crippen LogP contribution is -2.42. The van der Waals surface area contributed by atoms with E-state index in [-0.39, 0.29) is 31.1 Å². The van der Waals surface area contributed by atoms with Gasteiger partial charge in [0.1, 0.15) is 0 Å². The highest BCUT2D eigenvalue weighted by atomic mass is 31.2. The van der Waals surface area contributed by atoms with Gasteiger partial charge in [0.15, 0.2) is 0 Å². The molecule has 0 saturated heterocycles. The summed E-state index contributed by atoms with van der Waals surface area (Å²) in [4.78, 5) is 22.9. The molecule has 0 aliphatic carbocycles. The van der Waals surface area contributed by atoms with E-state index in [1.165, 1.54) is 148 Å². The fourth-order valence-corrected chi connectivity index (χ4v) is 6.87. The van der Waals surface area contributed by atoms with Crippen LogP contribution >= 0.6 is 7.82 Å². The minimum absolute atomic E-state index is 0.00144. The van der Waals surface area contributed by atoms with Crippen molar-refractivity contribution in [2.75, 3.05) is 13.2 Å². The Hall–Kier alpha value is -0.420. The zero-order chi connectivity index (χ0) is 33.3. The summed E-state index contributed by atoms with van der Waals surface area (Å²) < 4.78 is 22.6. The molecule has 2 N–H and O–H groups in total. The number of amides is 1. The minimum Gasteiger partial charge on any atom is -0.351 e. The Labute approximate surface area is 281 Å². The van der Waals surface area contributed by atoms with E-state index in [2.05, 4.69) is 26.1 Å². The number of carbonyl (C=O) groups excluding carboxylic acids is 1. The number of unbranched alkanes of at least 4 members (excludes halogenated alkanes) is 24. The van der Waals surface area contributed by atoms with E-state index in [1.807, 2.05) is 6.92 Å². The molecule has 45 heavy (non-hydrogen) atoms. The zero-order valence-electron chi connectivity index (χ0n) is 30.6. The first-order valence-electron chi connectivity index (χ1n) is 19.8. The number of phosphoric ester groups is 1. The standard InChI is InChI=1S/C38H78NO5P/c1-5-8-10-12-14-16-18-20-22-24-26-28-30-32-36(4)37(35-44-45(41,42)43-34-7-3)39-38(40)33-31-29-27-25-23-21-19-17-15-13-11-9-6-2/h36-37H,5-35H2,1-4H3,(H,39,40)(H,41,42)/t36-,37+/m1/s1. The highest BCUT2D eigenvalue weighted by molar-refractivity contribution is 7.47. The van der Waals surface area contributed by atoms with Crippen LogP contribution < -0.4 is 5.32 Å². The Balaban J connectivity index is 4.22. The summed E-state index contributed by atoms with van der Waals surface area (Å²) >= 11 is 0. The third kappa shape index (κ3) is 31.9. The zero-order valence-corrected chi connectivity index (χ0v) is 31.5. The monoisotopic (exact) mass is 660 g/mol. The Morgan fingerprint density at radius 3 is 1.36 bits per heavy atom. The van der Waals surface area contributed by atoms with E-state index < -0.39 is 7.82 Å². The van der Waals surface area contributed by atoms with Crippen LogP contribution in [0.25, 0.3) is 0 Å². The SMILES string of the molecule is CCCCCCCCCCCCCCCC(=O)N[C@@H](COP(=O)(O)OCCC)[C@H](C)CCCCCCCCCCCCCCC. The molecule has 0 aliphatic rings. The first-order valence-corrected chi connectivity index (χ1v) is 21.3. The van der Waals surface area contributed by atoms with E-state index in [0.717, 1.165) is 25.7 Å². The fourth-order valence-electron chi connectivity index (χ4n) is 6.03. The molecule has 0 aromatic carbocycles. The van der Waals surface area contributed by atoms with Gasteiger partial charge in [-0.2, -0.15) is 0 Å². The lowest BCUT2D eigenvalue weighted by atomic mass is 9.94. The number of carbonyl (C=O) groups is 1. The molecule has 0 bridgehead atoms. The quantitative estimate of drug-likeness (QED) is 0.0516. The van der Waals surface area contributed by atoms with Gasteiger partial charge in [0, 0.05) is 6.42 Å². The second-order valence-electron chi connectivity index (χ2n) is 13.8. The predicted molar refractivity (Wildman–Crippen MR) is 194 cm³/mol. The van der Waals surface area contributed by atoms with Crippen LogP contribution in [0, 0.1) is 5.92 Å². The third-order valence-electron chi connectivity index (χ3n) is 9.18. The van der Waals surface area contributed by atoms with Gasteiger partial charge in [-0.25, -0.2) is 4.57 Å². The molecule has 0 heterocycles. The molecule has 270 valence electrons. The second-order valence-corrected chi connectivity index (χ2v) is 15.2. The van der Waals surface area contributed by atoms with Crippen LogP contribution in [0.1, 0.15) is 214 Å². The highest BCUT2D eigenvalue weighted by Gasteiger charge is 2.26. The van der Waals surface area contributed by atoms with Crippen molar-refractivity contribution in [1.82, 2.24) is 5.32 Å². The van der Waals surface area contributed by atoms with Gasteiger partial charge in [-0.1, -0.05) is 188 Å². The molecule has 1 unspecified atom stereocenters. The Kier molecular flexibility index (Phi) is 33.2. The van der Waals surface area contributed by atoms with E-state index in [9.17, 15) is 14.3 Å². The predicted octanol–water partition coefficient (Wildman–Crippen LogP) is 12.6.